The number of ether oxygens (including phenoxy) is 1. The van der Waals surface area contributed by atoms with E-state index in [1.807, 2.05) is 0 Å². The van der Waals surface area contributed by atoms with Crippen LogP contribution in [-0.4, -0.2) is 47.7 Å². The monoisotopic (exact) mass is 196 g/mol. The van der Waals surface area contributed by atoms with Crippen LogP contribution in [0.3, 0.4) is 0 Å². The van der Waals surface area contributed by atoms with E-state index in [-0.39, 0.29) is 47.7 Å². The van der Waals surface area contributed by atoms with E-state index in [1.165, 1.54) is 18.4 Å². The van der Waals surface area contributed by atoms with E-state index in [4.69, 9.17) is 5.11 Å². The van der Waals surface area contributed by atoms with Crippen molar-refractivity contribution >= 4 is 46.9 Å². The summed E-state index contributed by atoms with van der Waals surface area (Å²) in [7, 11) is 1.33. The summed E-state index contributed by atoms with van der Waals surface area (Å²) < 4.78 is 4.43. The Balaban J connectivity index is 0.00000121. The minimum atomic E-state index is -0.335. The summed E-state index contributed by atoms with van der Waals surface area (Å²) in [6, 6.07) is 0. The molecule has 0 aliphatic carbocycles. The predicted molar refractivity (Wildman–Crippen MR) is 48.9 cm³/mol. The van der Waals surface area contributed by atoms with E-state index >= 15 is 0 Å². The molecule has 5 heteroatoms. The van der Waals surface area contributed by atoms with Crippen molar-refractivity contribution in [2.24, 2.45) is 0 Å². The van der Waals surface area contributed by atoms with Gasteiger partial charge >= 0.3 is 35.5 Å². The number of hydrogen-bond acceptors (Lipinski definition) is 4. The molecule has 3 nitrogen and oxygen atoms in total. The van der Waals surface area contributed by atoms with E-state index in [0.717, 1.165) is 0 Å². The maximum absolute atomic E-state index is 10.7. The zero-order valence-corrected chi connectivity index (χ0v) is 6.85. The molecule has 0 bridgehead atoms. The van der Waals surface area contributed by atoms with Gasteiger partial charge in [0.05, 0.1) is 13.5 Å². The van der Waals surface area contributed by atoms with E-state index in [0.29, 0.717) is 5.56 Å². The van der Waals surface area contributed by atoms with Crippen molar-refractivity contribution in [3.63, 3.8) is 0 Å². The first-order valence-electron chi connectivity index (χ1n) is 3.05. The van der Waals surface area contributed by atoms with Crippen molar-refractivity contribution in [1.82, 2.24) is 0 Å². The van der Waals surface area contributed by atoms with Crippen LogP contribution in [0, 0.1) is 0 Å². The molecule has 0 atom stereocenters. The van der Waals surface area contributed by atoms with Gasteiger partial charge in [-0.15, -0.1) is 11.3 Å². The summed E-state index contributed by atoms with van der Waals surface area (Å²) in [5, 5.41) is 12.4. The number of thiophene rings is 1. The van der Waals surface area contributed by atoms with Gasteiger partial charge in [-0.05, 0) is 5.38 Å². The SMILES string of the molecule is COC(=O)Cc1cscc1O.[NaH]. The van der Waals surface area contributed by atoms with Crippen molar-refractivity contribution < 1.29 is 14.6 Å². The van der Waals surface area contributed by atoms with Crippen LogP contribution in [0.4, 0.5) is 0 Å². The molecule has 0 aliphatic heterocycles. The summed E-state index contributed by atoms with van der Waals surface area (Å²) in [5.74, 6) is -0.167. The zero-order chi connectivity index (χ0) is 8.27. The molecule has 0 aromatic carbocycles. The molecule has 1 rings (SSSR count). The Kier molecular flexibility index (Phi) is 5.57. The van der Waals surface area contributed by atoms with Gasteiger partial charge in [-0.25, -0.2) is 0 Å². The van der Waals surface area contributed by atoms with Crippen LogP contribution < -0.4 is 0 Å². The van der Waals surface area contributed by atoms with Gasteiger partial charge in [-0.3, -0.25) is 4.79 Å². The molecule has 0 saturated carbocycles. The van der Waals surface area contributed by atoms with Gasteiger partial charge in [-0.1, -0.05) is 0 Å². The summed E-state index contributed by atoms with van der Waals surface area (Å²) >= 11 is 1.36. The van der Waals surface area contributed by atoms with Gasteiger partial charge in [0.25, 0.3) is 0 Å². The summed E-state index contributed by atoms with van der Waals surface area (Å²) in [6.45, 7) is 0. The van der Waals surface area contributed by atoms with E-state index in [2.05, 4.69) is 4.74 Å². The Bertz CT molecular complexity index is 259. The van der Waals surface area contributed by atoms with Crippen LogP contribution in [0.2, 0.25) is 0 Å². The third kappa shape index (κ3) is 3.15. The van der Waals surface area contributed by atoms with Gasteiger partial charge in [0, 0.05) is 10.9 Å². The second kappa shape index (κ2) is 5.59. The molecule has 0 fully saturated rings. The van der Waals surface area contributed by atoms with Crippen LogP contribution in [0.1, 0.15) is 5.56 Å². The second-order valence-corrected chi connectivity index (χ2v) is 2.78. The standard InChI is InChI=1S/C7H8O3S.Na.H/c1-10-7(9)2-5-3-11-4-6(5)8;;/h3-4,8H,2H2,1H3;;. The first kappa shape index (κ1) is 12.0. The third-order valence-corrected chi connectivity index (χ3v) is 2.06. The number of methoxy groups -OCH3 is 1. The molecule has 1 N–H and O–H groups in total. The zero-order valence-electron chi connectivity index (χ0n) is 6.03. The van der Waals surface area contributed by atoms with Gasteiger partial charge in [0.1, 0.15) is 5.75 Å². The average Bonchev–Trinajstić information content (AvgIpc) is 2.37. The van der Waals surface area contributed by atoms with Crippen molar-refractivity contribution in [1.29, 1.82) is 0 Å². The molecule has 62 valence electrons. The average molecular weight is 196 g/mol. The number of hydrogen-bond donors (Lipinski definition) is 1. The summed E-state index contributed by atoms with van der Waals surface area (Å²) in [6.07, 6.45) is 0.145. The molecule has 0 saturated heterocycles. The van der Waals surface area contributed by atoms with Crippen LogP contribution in [-0.2, 0) is 16.0 Å². The molecule has 0 aliphatic rings. The fourth-order valence-corrected chi connectivity index (χ4v) is 1.39. The first-order valence-corrected chi connectivity index (χ1v) is 3.99. The van der Waals surface area contributed by atoms with Crippen LogP contribution in [0.5, 0.6) is 5.75 Å². The fraction of sp³-hybridized carbons (Fsp3) is 0.286. The van der Waals surface area contributed by atoms with Crippen molar-refractivity contribution in [2.75, 3.05) is 7.11 Å². The van der Waals surface area contributed by atoms with Crippen LogP contribution >= 0.6 is 11.3 Å². The van der Waals surface area contributed by atoms with Crippen LogP contribution in [0.15, 0.2) is 10.8 Å². The minimum absolute atomic E-state index is 0. The van der Waals surface area contributed by atoms with Crippen molar-refractivity contribution in [2.45, 2.75) is 6.42 Å². The number of esters is 1. The molecule has 1 aromatic heterocycles. The van der Waals surface area contributed by atoms with Gasteiger partial charge in [-0.2, -0.15) is 0 Å². The molecular formula is C7H9NaO3S. The molecule has 0 spiro atoms. The fourth-order valence-electron chi connectivity index (χ4n) is 0.677. The molecule has 0 amide bonds. The number of carbonyl (C=O) groups excluding carboxylic acids is 1. The van der Waals surface area contributed by atoms with E-state index in [9.17, 15) is 4.79 Å². The van der Waals surface area contributed by atoms with Gasteiger partial charge < -0.3 is 9.84 Å². The summed E-state index contributed by atoms with van der Waals surface area (Å²) in [4.78, 5) is 10.7. The molecule has 12 heavy (non-hydrogen) atoms. The molecular weight excluding hydrogens is 187 g/mol. The number of aromatic hydroxyl groups is 1. The van der Waals surface area contributed by atoms with Crippen LogP contribution in [0.25, 0.3) is 0 Å². The summed E-state index contributed by atoms with van der Waals surface area (Å²) in [5.41, 5.74) is 0.627. The number of carbonyl (C=O) groups is 1. The quantitative estimate of drug-likeness (QED) is 0.554. The Hall–Kier alpha value is -0.0300. The maximum atomic E-state index is 10.7. The number of rotatable bonds is 2. The molecule has 1 aromatic rings. The Labute approximate surface area is 96.6 Å². The third-order valence-electron chi connectivity index (χ3n) is 1.28. The van der Waals surface area contributed by atoms with Crippen molar-refractivity contribution in [3.05, 3.63) is 16.3 Å². The second-order valence-electron chi connectivity index (χ2n) is 2.04. The predicted octanol–water partition coefficient (Wildman–Crippen LogP) is 0.521. The Morgan fingerprint density at radius 3 is 2.75 bits per heavy atom. The Morgan fingerprint density at radius 2 is 2.33 bits per heavy atom. The molecule has 0 radical (unpaired) electrons. The molecule has 0 unspecified atom stereocenters. The topological polar surface area (TPSA) is 46.5 Å². The van der Waals surface area contributed by atoms with Crippen molar-refractivity contribution in [3.8, 4) is 5.75 Å². The Morgan fingerprint density at radius 1 is 1.67 bits per heavy atom. The van der Waals surface area contributed by atoms with E-state index in [1.54, 1.807) is 10.8 Å². The van der Waals surface area contributed by atoms with Gasteiger partial charge in [0.2, 0.25) is 0 Å². The van der Waals surface area contributed by atoms with E-state index < -0.39 is 0 Å². The van der Waals surface area contributed by atoms with Gasteiger partial charge in [0.15, 0.2) is 0 Å². The first-order chi connectivity index (χ1) is 5.24. The normalized spacial score (nSPS) is 8.75. The molecule has 1 heterocycles.